The maximum atomic E-state index is 5.86. The molecule has 1 fully saturated rings. The molecule has 0 saturated carbocycles. The van der Waals surface area contributed by atoms with Crippen LogP contribution in [0.2, 0.25) is 0 Å². The molecular weight excluding hydrogens is 188 g/mol. The molecule has 0 spiro atoms. The molecule has 90 valence electrons. The maximum Gasteiger partial charge on any atom is 0.0855 e. The summed E-state index contributed by atoms with van der Waals surface area (Å²) in [7, 11) is 0. The van der Waals surface area contributed by atoms with E-state index in [4.69, 9.17) is 4.74 Å². The zero-order valence-corrected chi connectivity index (χ0v) is 10.5. The Morgan fingerprint density at radius 1 is 1.40 bits per heavy atom. The number of hydrogen-bond donors (Lipinski definition) is 1. The van der Waals surface area contributed by atoms with Crippen molar-refractivity contribution in [3.05, 3.63) is 0 Å². The number of nitrogens with one attached hydrogen (secondary N) is 1. The van der Waals surface area contributed by atoms with Crippen LogP contribution in [0.1, 0.15) is 33.6 Å². The summed E-state index contributed by atoms with van der Waals surface area (Å²) in [5.74, 6) is 0. The van der Waals surface area contributed by atoms with Gasteiger partial charge in [0.05, 0.1) is 12.7 Å². The third-order valence-corrected chi connectivity index (χ3v) is 3.07. The number of hydrogen-bond acceptors (Lipinski definition) is 3. The fourth-order valence-corrected chi connectivity index (χ4v) is 2.30. The molecule has 0 radical (unpaired) electrons. The fraction of sp³-hybridized carbons (Fsp3) is 1.00. The first-order chi connectivity index (χ1) is 7.31. The van der Waals surface area contributed by atoms with Crippen molar-refractivity contribution < 1.29 is 4.74 Å². The van der Waals surface area contributed by atoms with E-state index < -0.39 is 0 Å². The van der Waals surface area contributed by atoms with Crippen LogP contribution in [-0.2, 0) is 4.74 Å². The van der Waals surface area contributed by atoms with Gasteiger partial charge in [0.1, 0.15) is 0 Å². The molecule has 0 bridgehead atoms. The SMILES string of the molecule is CCCN1CCOC(C(CC)NCC)C1. The van der Waals surface area contributed by atoms with Gasteiger partial charge in [-0.05, 0) is 25.9 Å². The monoisotopic (exact) mass is 214 g/mol. The van der Waals surface area contributed by atoms with Crippen molar-refractivity contribution >= 4 is 0 Å². The summed E-state index contributed by atoms with van der Waals surface area (Å²) in [5.41, 5.74) is 0. The Morgan fingerprint density at radius 2 is 2.20 bits per heavy atom. The van der Waals surface area contributed by atoms with Crippen LogP contribution in [0.15, 0.2) is 0 Å². The largest absolute Gasteiger partial charge is 0.374 e. The average Bonchev–Trinajstić information content (AvgIpc) is 2.27. The summed E-state index contributed by atoms with van der Waals surface area (Å²) in [6, 6.07) is 0.523. The van der Waals surface area contributed by atoms with Gasteiger partial charge < -0.3 is 10.1 Å². The Kier molecular flexibility index (Phi) is 6.22. The Morgan fingerprint density at radius 3 is 2.80 bits per heavy atom. The van der Waals surface area contributed by atoms with Gasteiger partial charge in [0.25, 0.3) is 0 Å². The summed E-state index contributed by atoms with van der Waals surface area (Å²) in [4.78, 5) is 2.52. The van der Waals surface area contributed by atoms with Crippen LogP contribution < -0.4 is 5.32 Å². The van der Waals surface area contributed by atoms with Crippen molar-refractivity contribution in [2.24, 2.45) is 0 Å². The molecule has 0 aromatic heterocycles. The van der Waals surface area contributed by atoms with E-state index in [-0.39, 0.29) is 0 Å². The molecule has 1 heterocycles. The van der Waals surface area contributed by atoms with Gasteiger partial charge in [-0.25, -0.2) is 0 Å². The second-order valence-corrected chi connectivity index (χ2v) is 4.28. The molecule has 0 aliphatic carbocycles. The molecule has 1 rings (SSSR count). The van der Waals surface area contributed by atoms with Crippen molar-refractivity contribution in [2.45, 2.75) is 45.8 Å². The number of morpholine rings is 1. The third kappa shape index (κ3) is 4.09. The van der Waals surface area contributed by atoms with Crippen LogP contribution in [0, 0.1) is 0 Å². The topological polar surface area (TPSA) is 24.5 Å². The predicted molar refractivity (Wildman–Crippen MR) is 64.2 cm³/mol. The molecule has 0 aromatic carbocycles. The molecule has 3 nitrogen and oxygen atoms in total. The van der Waals surface area contributed by atoms with E-state index >= 15 is 0 Å². The predicted octanol–water partition coefficient (Wildman–Crippen LogP) is 1.49. The molecule has 2 atom stereocenters. The minimum absolute atomic E-state index is 0.384. The van der Waals surface area contributed by atoms with Gasteiger partial charge in [0.2, 0.25) is 0 Å². The van der Waals surface area contributed by atoms with Crippen molar-refractivity contribution in [3.8, 4) is 0 Å². The van der Waals surface area contributed by atoms with Crippen LogP contribution in [0.25, 0.3) is 0 Å². The molecule has 1 aliphatic heterocycles. The van der Waals surface area contributed by atoms with Crippen molar-refractivity contribution in [2.75, 3.05) is 32.8 Å². The standard InChI is InChI=1S/C12H26N2O/c1-4-7-14-8-9-15-12(10-14)11(5-2)13-6-3/h11-13H,4-10H2,1-3H3. The van der Waals surface area contributed by atoms with Crippen LogP contribution >= 0.6 is 0 Å². The molecule has 1 N–H and O–H groups in total. The molecule has 1 aliphatic rings. The molecule has 3 heteroatoms. The van der Waals surface area contributed by atoms with Crippen molar-refractivity contribution in [1.82, 2.24) is 10.2 Å². The highest BCUT2D eigenvalue weighted by molar-refractivity contribution is 4.81. The Labute approximate surface area is 94.2 Å². The molecule has 1 saturated heterocycles. The van der Waals surface area contributed by atoms with Gasteiger partial charge in [0.15, 0.2) is 0 Å². The molecule has 15 heavy (non-hydrogen) atoms. The van der Waals surface area contributed by atoms with Gasteiger partial charge >= 0.3 is 0 Å². The van der Waals surface area contributed by atoms with Crippen molar-refractivity contribution in [1.29, 1.82) is 0 Å². The summed E-state index contributed by atoms with van der Waals surface area (Å²) < 4.78 is 5.86. The minimum atomic E-state index is 0.384. The molecule has 0 amide bonds. The summed E-state index contributed by atoms with van der Waals surface area (Å²) in [6.07, 6.45) is 2.78. The summed E-state index contributed by atoms with van der Waals surface area (Å²) in [6.45, 7) is 12.0. The Hall–Kier alpha value is -0.120. The summed E-state index contributed by atoms with van der Waals surface area (Å²) in [5, 5.41) is 3.51. The van der Waals surface area contributed by atoms with E-state index in [1.165, 1.54) is 13.0 Å². The maximum absolute atomic E-state index is 5.86. The van der Waals surface area contributed by atoms with E-state index in [0.717, 1.165) is 32.7 Å². The Balaban J connectivity index is 2.39. The highest BCUT2D eigenvalue weighted by Crippen LogP contribution is 2.11. The lowest BCUT2D eigenvalue weighted by molar-refractivity contribution is -0.0465. The zero-order chi connectivity index (χ0) is 11.1. The number of likely N-dealkylation sites (N-methyl/N-ethyl adjacent to an activating group) is 1. The first kappa shape index (κ1) is 12.9. The first-order valence-corrected chi connectivity index (χ1v) is 6.39. The highest BCUT2D eigenvalue weighted by atomic mass is 16.5. The Bertz CT molecular complexity index is 162. The normalized spacial score (nSPS) is 25.4. The van der Waals surface area contributed by atoms with E-state index in [0.29, 0.717) is 12.1 Å². The van der Waals surface area contributed by atoms with Gasteiger partial charge in [-0.2, -0.15) is 0 Å². The molecule has 0 aromatic rings. The highest BCUT2D eigenvalue weighted by Gasteiger charge is 2.25. The lowest BCUT2D eigenvalue weighted by Gasteiger charge is -2.37. The fourth-order valence-electron chi connectivity index (χ4n) is 2.30. The lowest BCUT2D eigenvalue weighted by Crippen LogP contribution is -2.52. The van der Waals surface area contributed by atoms with E-state index in [9.17, 15) is 0 Å². The quantitative estimate of drug-likeness (QED) is 0.725. The molecular formula is C12H26N2O. The minimum Gasteiger partial charge on any atom is -0.374 e. The van der Waals surface area contributed by atoms with Crippen LogP contribution in [0.4, 0.5) is 0 Å². The smallest absolute Gasteiger partial charge is 0.0855 e. The lowest BCUT2D eigenvalue weighted by atomic mass is 10.1. The number of ether oxygens (including phenoxy) is 1. The van der Waals surface area contributed by atoms with Crippen molar-refractivity contribution in [3.63, 3.8) is 0 Å². The van der Waals surface area contributed by atoms with Gasteiger partial charge in [-0.15, -0.1) is 0 Å². The van der Waals surface area contributed by atoms with E-state index in [2.05, 4.69) is 31.0 Å². The molecule has 2 unspecified atom stereocenters. The summed E-state index contributed by atoms with van der Waals surface area (Å²) >= 11 is 0. The zero-order valence-electron chi connectivity index (χ0n) is 10.5. The van der Waals surface area contributed by atoms with E-state index in [1.54, 1.807) is 0 Å². The second kappa shape index (κ2) is 7.20. The van der Waals surface area contributed by atoms with Gasteiger partial charge in [0, 0.05) is 19.1 Å². The van der Waals surface area contributed by atoms with Gasteiger partial charge in [-0.1, -0.05) is 20.8 Å². The van der Waals surface area contributed by atoms with Crippen LogP contribution in [-0.4, -0.2) is 49.8 Å². The van der Waals surface area contributed by atoms with Crippen LogP contribution in [0.5, 0.6) is 0 Å². The first-order valence-electron chi connectivity index (χ1n) is 6.39. The number of nitrogens with zero attached hydrogens (tertiary/aromatic N) is 1. The van der Waals surface area contributed by atoms with Gasteiger partial charge in [-0.3, -0.25) is 4.90 Å². The van der Waals surface area contributed by atoms with E-state index in [1.807, 2.05) is 0 Å². The van der Waals surface area contributed by atoms with Crippen LogP contribution in [0.3, 0.4) is 0 Å². The third-order valence-electron chi connectivity index (χ3n) is 3.07. The second-order valence-electron chi connectivity index (χ2n) is 4.28. The number of rotatable bonds is 6. The average molecular weight is 214 g/mol.